The maximum absolute atomic E-state index is 12.7. The van der Waals surface area contributed by atoms with Gasteiger partial charge in [-0.1, -0.05) is 5.16 Å². The molecule has 0 radical (unpaired) electrons. The molecular formula is C11H10FNO2. The maximum Gasteiger partial charge on any atom is 0.165 e. The van der Waals surface area contributed by atoms with E-state index in [0.29, 0.717) is 11.5 Å². The van der Waals surface area contributed by atoms with Crippen molar-refractivity contribution in [1.82, 2.24) is 5.16 Å². The van der Waals surface area contributed by atoms with E-state index in [1.54, 1.807) is 25.1 Å². The van der Waals surface area contributed by atoms with Gasteiger partial charge in [0, 0.05) is 11.6 Å². The molecule has 1 atom stereocenters. The molecule has 0 aliphatic heterocycles. The van der Waals surface area contributed by atoms with Crippen molar-refractivity contribution in [1.29, 1.82) is 0 Å². The zero-order valence-corrected chi connectivity index (χ0v) is 8.14. The van der Waals surface area contributed by atoms with Gasteiger partial charge in [0.25, 0.3) is 0 Å². The molecule has 4 heteroatoms. The molecular weight excluding hydrogens is 197 g/mol. The Morgan fingerprint density at radius 2 is 2.00 bits per heavy atom. The lowest BCUT2D eigenvalue weighted by atomic mass is 10.1. The predicted octanol–water partition coefficient (Wildman–Crippen LogP) is 2.53. The van der Waals surface area contributed by atoms with E-state index in [1.165, 1.54) is 12.1 Å². The molecule has 1 unspecified atom stereocenters. The lowest BCUT2D eigenvalue weighted by molar-refractivity contribution is 0.158. The van der Waals surface area contributed by atoms with Crippen LogP contribution in [0.1, 0.15) is 18.8 Å². The topological polar surface area (TPSA) is 46.3 Å². The van der Waals surface area contributed by atoms with Crippen LogP contribution in [0.2, 0.25) is 0 Å². The molecule has 2 rings (SSSR count). The average molecular weight is 207 g/mol. The Labute approximate surface area is 86.1 Å². The number of aliphatic hydroxyl groups excluding tert-OH is 1. The van der Waals surface area contributed by atoms with Crippen LogP contribution in [0.4, 0.5) is 4.39 Å². The maximum atomic E-state index is 12.7. The second-order valence-electron chi connectivity index (χ2n) is 3.30. The molecule has 3 nitrogen and oxygen atoms in total. The summed E-state index contributed by atoms with van der Waals surface area (Å²) in [6.07, 6.45) is -0.688. The molecule has 0 saturated heterocycles. The fraction of sp³-hybridized carbons (Fsp3) is 0.182. The van der Waals surface area contributed by atoms with Crippen LogP contribution in [0, 0.1) is 5.82 Å². The van der Waals surface area contributed by atoms with Crippen LogP contribution in [-0.2, 0) is 0 Å². The van der Waals surface area contributed by atoms with Crippen LogP contribution in [0.15, 0.2) is 34.9 Å². The summed E-state index contributed by atoms with van der Waals surface area (Å²) in [5.41, 5.74) is 1.35. The van der Waals surface area contributed by atoms with Gasteiger partial charge >= 0.3 is 0 Å². The van der Waals surface area contributed by atoms with E-state index < -0.39 is 6.10 Å². The molecule has 0 fully saturated rings. The highest BCUT2D eigenvalue weighted by Gasteiger charge is 2.10. The van der Waals surface area contributed by atoms with Crippen LogP contribution in [-0.4, -0.2) is 10.3 Å². The van der Waals surface area contributed by atoms with Gasteiger partial charge in [-0.2, -0.15) is 0 Å². The van der Waals surface area contributed by atoms with E-state index in [-0.39, 0.29) is 5.82 Å². The monoisotopic (exact) mass is 207 g/mol. The molecule has 0 aliphatic rings. The van der Waals surface area contributed by atoms with Gasteiger partial charge in [-0.15, -0.1) is 0 Å². The normalized spacial score (nSPS) is 12.7. The second-order valence-corrected chi connectivity index (χ2v) is 3.30. The lowest BCUT2D eigenvalue weighted by Crippen LogP contribution is -1.85. The van der Waals surface area contributed by atoms with Gasteiger partial charge in [-0.3, -0.25) is 0 Å². The van der Waals surface area contributed by atoms with Crippen LogP contribution < -0.4 is 0 Å². The highest BCUT2D eigenvalue weighted by atomic mass is 19.1. The summed E-state index contributed by atoms with van der Waals surface area (Å²) < 4.78 is 17.6. The number of rotatable bonds is 2. The van der Waals surface area contributed by atoms with Gasteiger partial charge < -0.3 is 9.63 Å². The molecule has 1 N–H and O–H groups in total. The summed E-state index contributed by atoms with van der Waals surface area (Å²) in [6, 6.07) is 7.56. The first-order valence-electron chi connectivity index (χ1n) is 4.57. The molecule has 2 aromatic rings. The van der Waals surface area contributed by atoms with Crippen LogP contribution in [0.3, 0.4) is 0 Å². The molecule has 0 amide bonds. The van der Waals surface area contributed by atoms with Crippen molar-refractivity contribution in [2.75, 3.05) is 0 Å². The summed E-state index contributed by atoms with van der Waals surface area (Å²) in [5.74, 6) is 0.104. The summed E-state index contributed by atoms with van der Waals surface area (Å²) in [5, 5.41) is 13.0. The summed E-state index contributed by atoms with van der Waals surface area (Å²) in [6.45, 7) is 1.59. The second kappa shape index (κ2) is 3.82. The van der Waals surface area contributed by atoms with Crippen LogP contribution in [0.25, 0.3) is 11.3 Å². The van der Waals surface area contributed by atoms with Crippen molar-refractivity contribution in [3.63, 3.8) is 0 Å². The first-order chi connectivity index (χ1) is 7.16. The third-order valence-corrected chi connectivity index (χ3v) is 2.08. The zero-order valence-electron chi connectivity index (χ0n) is 8.14. The highest BCUT2D eigenvalue weighted by Crippen LogP contribution is 2.22. The van der Waals surface area contributed by atoms with Crippen molar-refractivity contribution >= 4 is 0 Å². The Hall–Kier alpha value is -1.68. The Morgan fingerprint density at radius 3 is 2.53 bits per heavy atom. The van der Waals surface area contributed by atoms with E-state index in [0.717, 1.165) is 5.56 Å². The summed E-state index contributed by atoms with van der Waals surface area (Å²) in [7, 11) is 0. The molecule has 0 spiro atoms. The number of hydrogen-bond acceptors (Lipinski definition) is 3. The Balaban J connectivity index is 2.33. The van der Waals surface area contributed by atoms with E-state index in [9.17, 15) is 9.50 Å². The van der Waals surface area contributed by atoms with E-state index >= 15 is 0 Å². The number of aromatic nitrogens is 1. The SMILES string of the molecule is CC(O)c1cc(-c2ccc(F)cc2)no1. The number of aliphatic hydroxyl groups is 1. The molecule has 15 heavy (non-hydrogen) atoms. The fourth-order valence-electron chi connectivity index (χ4n) is 1.24. The first kappa shape index (κ1) is 9.86. The van der Waals surface area contributed by atoms with Gasteiger partial charge in [0.2, 0.25) is 0 Å². The minimum absolute atomic E-state index is 0.294. The van der Waals surface area contributed by atoms with Gasteiger partial charge in [0.15, 0.2) is 5.76 Å². The van der Waals surface area contributed by atoms with E-state index in [4.69, 9.17) is 4.52 Å². The zero-order chi connectivity index (χ0) is 10.8. The highest BCUT2D eigenvalue weighted by molar-refractivity contribution is 5.58. The van der Waals surface area contributed by atoms with E-state index in [2.05, 4.69) is 5.16 Å². The van der Waals surface area contributed by atoms with Crippen molar-refractivity contribution in [2.24, 2.45) is 0 Å². The molecule has 0 saturated carbocycles. The number of halogens is 1. The van der Waals surface area contributed by atoms with Gasteiger partial charge in [-0.25, -0.2) is 4.39 Å². The average Bonchev–Trinajstić information content (AvgIpc) is 2.68. The smallest absolute Gasteiger partial charge is 0.165 e. The van der Waals surface area contributed by atoms with Crippen molar-refractivity contribution in [3.8, 4) is 11.3 Å². The largest absolute Gasteiger partial charge is 0.385 e. The van der Waals surface area contributed by atoms with E-state index in [1.807, 2.05) is 0 Å². The molecule has 1 aromatic heterocycles. The standard InChI is InChI=1S/C11H10FNO2/c1-7(14)11-6-10(13-15-11)8-2-4-9(12)5-3-8/h2-7,14H,1H3. The minimum atomic E-state index is -0.688. The van der Waals surface area contributed by atoms with Crippen LogP contribution >= 0.6 is 0 Å². The number of benzene rings is 1. The Morgan fingerprint density at radius 1 is 1.33 bits per heavy atom. The van der Waals surface area contributed by atoms with Gasteiger partial charge in [-0.05, 0) is 31.2 Å². The van der Waals surface area contributed by atoms with Crippen molar-refractivity contribution in [2.45, 2.75) is 13.0 Å². The van der Waals surface area contributed by atoms with Gasteiger partial charge in [0.05, 0.1) is 0 Å². The number of hydrogen-bond donors (Lipinski definition) is 1. The third kappa shape index (κ3) is 2.05. The summed E-state index contributed by atoms with van der Waals surface area (Å²) >= 11 is 0. The quantitative estimate of drug-likeness (QED) is 0.823. The fourth-order valence-corrected chi connectivity index (χ4v) is 1.24. The molecule has 78 valence electrons. The predicted molar refractivity (Wildman–Crippen MR) is 52.5 cm³/mol. The van der Waals surface area contributed by atoms with Gasteiger partial charge in [0.1, 0.15) is 17.6 Å². The van der Waals surface area contributed by atoms with Crippen molar-refractivity contribution < 1.29 is 14.0 Å². The molecule has 1 heterocycles. The number of nitrogens with zero attached hydrogens (tertiary/aromatic N) is 1. The molecule has 1 aromatic carbocycles. The lowest BCUT2D eigenvalue weighted by Gasteiger charge is -1.94. The van der Waals surface area contributed by atoms with Crippen LogP contribution in [0.5, 0.6) is 0 Å². The minimum Gasteiger partial charge on any atom is -0.385 e. The molecule has 0 aliphatic carbocycles. The Kier molecular flexibility index (Phi) is 2.51. The molecule has 0 bridgehead atoms. The van der Waals surface area contributed by atoms with Crippen molar-refractivity contribution in [3.05, 3.63) is 41.9 Å². The Bertz CT molecular complexity index is 448. The summed E-state index contributed by atoms with van der Waals surface area (Å²) in [4.78, 5) is 0. The first-order valence-corrected chi connectivity index (χ1v) is 4.57. The third-order valence-electron chi connectivity index (χ3n) is 2.08.